The normalized spacial score (nSPS) is 19.2. The first-order valence-corrected chi connectivity index (χ1v) is 9.92. The smallest absolute Gasteiger partial charge is 0.289 e. The molecule has 1 saturated heterocycles. The number of aromatic nitrogens is 2. The van der Waals surface area contributed by atoms with Crippen LogP contribution in [0.15, 0.2) is 53.3 Å². The Morgan fingerprint density at radius 2 is 1.76 bits per heavy atom. The van der Waals surface area contributed by atoms with Crippen LogP contribution in [0.1, 0.15) is 18.3 Å². The number of benzene rings is 2. The molecule has 3 aromatic rings. The highest BCUT2D eigenvalue weighted by atomic mass is 32.2. The van der Waals surface area contributed by atoms with E-state index >= 15 is 0 Å². The second-order valence-corrected chi connectivity index (χ2v) is 7.78. The van der Waals surface area contributed by atoms with Crippen molar-refractivity contribution in [3.05, 3.63) is 70.3 Å². The lowest BCUT2D eigenvalue weighted by Gasteiger charge is -2.29. The Kier molecular flexibility index (Phi) is 4.66. The minimum Gasteiger partial charge on any atom is -0.496 e. The number of amides is 2. The Balaban J connectivity index is 2.16. The standard InChI is InChI=1S/C21H19N3O4S/c1-4-24-17(25)13-9-5-7-11-15(13)22-18(24)21(19(26)23(2)20(27)29-21)14-10-6-8-12-16(14)28-3/h5-12H,4H2,1-3H3. The average Bonchev–Trinajstić information content (AvgIpc) is 2.98. The summed E-state index contributed by atoms with van der Waals surface area (Å²) in [6, 6.07) is 14.0. The van der Waals surface area contributed by atoms with E-state index in [0.29, 0.717) is 28.8 Å². The molecule has 0 bridgehead atoms. The number of hydrogen-bond acceptors (Lipinski definition) is 6. The molecule has 2 amide bonds. The Bertz CT molecular complexity index is 1210. The summed E-state index contributed by atoms with van der Waals surface area (Å²) in [7, 11) is 2.94. The van der Waals surface area contributed by atoms with Crippen LogP contribution in [0.5, 0.6) is 5.75 Å². The second-order valence-electron chi connectivity index (χ2n) is 6.62. The molecule has 29 heavy (non-hydrogen) atoms. The van der Waals surface area contributed by atoms with E-state index in [0.717, 1.165) is 16.7 Å². The van der Waals surface area contributed by atoms with Crippen molar-refractivity contribution < 1.29 is 14.3 Å². The molecule has 1 aliphatic heterocycles. The molecule has 4 rings (SSSR count). The van der Waals surface area contributed by atoms with Gasteiger partial charge in [0.25, 0.3) is 16.7 Å². The molecule has 8 heteroatoms. The van der Waals surface area contributed by atoms with Crippen molar-refractivity contribution in [2.24, 2.45) is 0 Å². The number of nitrogens with zero attached hydrogens (tertiary/aromatic N) is 3. The molecule has 2 heterocycles. The van der Waals surface area contributed by atoms with E-state index in [9.17, 15) is 14.4 Å². The third kappa shape index (κ3) is 2.66. The lowest BCUT2D eigenvalue weighted by molar-refractivity contribution is -0.128. The van der Waals surface area contributed by atoms with Crippen molar-refractivity contribution in [3.63, 3.8) is 0 Å². The SMILES string of the molecule is CCn1c(C2(c3ccccc3OC)SC(=O)N(C)C2=O)nc2ccccc2c1=O. The quantitative estimate of drug-likeness (QED) is 0.659. The number of carbonyl (C=O) groups excluding carboxylic acids is 2. The predicted molar refractivity (Wildman–Crippen MR) is 111 cm³/mol. The highest BCUT2D eigenvalue weighted by Crippen LogP contribution is 2.51. The highest BCUT2D eigenvalue weighted by molar-refractivity contribution is 8.15. The van der Waals surface area contributed by atoms with E-state index in [1.165, 1.54) is 18.7 Å². The van der Waals surface area contributed by atoms with E-state index in [2.05, 4.69) is 0 Å². The average molecular weight is 409 g/mol. The van der Waals surface area contributed by atoms with Crippen molar-refractivity contribution in [1.82, 2.24) is 14.5 Å². The lowest BCUT2D eigenvalue weighted by Crippen LogP contribution is -2.42. The van der Waals surface area contributed by atoms with Crippen LogP contribution in [0.2, 0.25) is 0 Å². The summed E-state index contributed by atoms with van der Waals surface area (Å²) in [6.45, 7) is 2.11. The fourth-order valence-electron chi connectivity index (χ4n) is 3.66. The first-order chi connectivity index (χ1) is 14.0. The number of ether oxygens (including phenoxy) is 1. The van der Waals surface area contributed by atoms with Crippen molar-refractivity contribution in [1.29, 1.82) is 0 Å². The lowest BCUT2D eigenvalue weighted by atomic mass is 9.93. The van der Waals surface area contributed by atoms with Gasteiger partial charge in [0.1, 0.15) is 11.6 Å². The third-order valence-corrected chi connectivity index (χ3v) is 6.43. The number of fused-ring (bicyclic) bond motifs is 1. The summed E-state index contributed by atoms with van der Waals surface area (Å²) in [6.07, 6.45) is 0. The van der Waals surface area contributed by atoms with Crippen molar-refractivity contribution in [2.75, 3.05) is 14.2 Å². The van der Waals surface area contributed by atoms with E-state index in [1.54, 1.807) is 48.5 Å². The van der Waals surface area contributed by atoms with Gasteiger partial charge in [-0.2, -0.15) is 0 Å². The zero-order valence-corrected chi connectivity index (χ0v) is 17.0. The number of para-hydroxylation sites is 2. The summed E-state index contributed by atoms with van der Waals surface area (Å²) in [5.74, 6) is 0.212. The number of thioether (sulfide) groups is 1. The first kappa shape index (κ1) is 19.2. The molecule has 1 unspecified atom stereocenters. The van der Waals surface area contributed by atoms with Crippen molar-refractivity contribution in [2.45, 2.75) is 18.2 Å². The summed E-state index contributed by atoms with van der Waals surface area (Å²) in [5, 5.41) is 0.0503. The number of hydrogen-bond donors (Lipinski definition) is 0. The van der Waals surface area contributed by atoms with Gasteiger partial charge in [-0.05, 0) is 36.9 Å². The zero-order chi connectivity index (χ0) is 20.8. The third-order valence-electron chi connectivity index (χ3n) is 5.10. The molecular weight excluding hydrogens is 390 g/mol. The first-order valence-electron chi connectivity index (χ1n) is 9.10. The van der Waals surface area contributed by atoms with Gasteiger partial charge in [0.15, 0.2) is 4.75 Å². The minimum absolute atomic E-state index is 0.223. The van der Waals surface area contributed by atoms with Crippen molar-refractivity contribution in [3.8, 4) is 5.75 Å². The van der Waals surface area contributed by atoms with Crippen LogP contribution in [0.25, 0.3) is 10.9 Å². The second kappa shape index (κ2) is 7.04. The van der Waals surface area contributed by atoms with Gasteiger partial charge in [0, 0.05) is 19.2 Å². The molecule has 7 nitrogen and oxygen atoms in total. The molecule has 2 aromatic carbocycles. The highest BCUT2D eigenvalue weighted by Gasteiger charge is 2.58. The number of methoxy groups -OCH3 is 1. The molecule has 0 aliphatic carbocycles. The Morgan fingerprint density at radius 1 is 1.07 bits per heavy atom. The molecule has 0 N–H and O–H groups in total. The monoisotopic (exact) mass is 409 g/mol. The van der Waals surface area contributed by atoms with Crippen LogP contribution in [0.3, 0.4) is 0 Å². The summed E-state index contributed by atoms with van der Waals surface area (Å²) in [5.41, 5.74) is 0.708. The summed E-state index contributed by atoms with van der Waals surface area (Å²) in [4.78, 5) is 45.1. The van der Waals surface area contributed by atoms with E-state index < -0.39 is 15.9 Å². The molecule has 1 atom stereocenters. The van der Waals surface area contributed by atoms with Crippen LogP contribution < -0.4 is 10.3 Å². The van der Waals surface area contributed by atoms with Gasteiger partial charge >= 0.3 is 0 Å². The minimum atomic E-state index is -1.52. The van der Waals surface area contributed by atoms with Gasteiger partial charge in [0.2, 0.25) is 0 Å². The Hall–Kier alpha value is -3.13. The van der Waals surface area contributed by atoms with Crippen LogP contribution in [-0.4, -0.2) is 39.8 Å². The zero-order valence-electron chi connectivity index (χ0n) is 16.2. The fourth-order valence-corrected chi connectivity index (χ4v) is 4.89. The molecule has 0 saturated carbocycles. The van der Waals surface area contributed by atoms with E-state index in [1.807, 2.05) is 6.92 Å². The summed E-state index contributed by atoms with van der Waals surface area (Å²) >= 11 is 0.847. The van der Waals surface area contributed by atoms with Gasteiger partial charge in [-0.3, -0.25) is 23.9 Å². The van der Waals surface area contributed by atoms with E-state index in [-0.39, 0.29) is 11.4 Å². The van der Waals surface area contributed by atoms with Crippen LogP contribution in [-0.2, 0) is 16.1 Å². The Labute approximate surface area is 171 Å². The Morgan fingerprint density at radius 3 is 2.41 bits per heavy atom. The maximum Gasteiger partial charge on any atom is 0.289 e. The topological polar surface area (TPSA) is 81.5 Å². The van der Waals surface area contributed by atoms with Gasteiger partial charge in [-0.25, -0.2) is 4.98 Å². The number of imide groups is 1. The largest absolute Gasteiger partial charge is 0.496 e. The fraction of sp³-hybridized carbons (Fsp3) is 0.238. The number of likely N-dealkylation sites (N-methyl/N-ethyl adjacent to an activating group) is 1. The maximum absolute atomic E-state index is 13.5. The number of carbonyl (C=O) groups is 2. The van der Waals surface area contributed by atoms with Gasteiger partial charge in [-0.1, -0.05) is 30.3 Å². The number of rotatable bonds is 4. The molecule has 148 valence electrons. The molecular formula is C21H19N3O4S. The van der Waals surface area contributed by atoms with Gasteiger partial charge in [-0.15, -0.1) is 0 Å². The van der Waals surface area contributed by atoms with Gasteiger partial charge < -0.3 is 4.74 Å². The van der Waals surface area contributed by atoms with Crippen LogP contribution in [0, 0.1) is 0 Å². The van der Waals surface area contributed by atoms with Crippen LogP contribution >= 0.6 is 11.8 Å². The maximum atomic E-state index is 13.5. The van der Waals surface area contributed by atoms with Crippen molar-refractivity contribution >= 4 is 33.8 Å². The molecule has 0 radical (unpaired) electrons. The molecule has 1 aromatic heterocycles. The van der Waals surface area contributed by atoms with Crippen LogP contribution in [0.4, 0.5) is 4.79 Å². The molecule has 0 spiro atoms. The molecule has 1 aliphatic rings. The molecule has 1 fully saturated rings. The predicted octanol–water partition coefficient (Wildman–Crippen LogP) is 2.99. The summed E-state index contributed by atoms with van der Waals surface area (Å²) < 4.78 is 5.45. The van der Waals surface area contributed by atoms with E-state index in [4.69, 9.17) is 9.72 Å². The van der Waals surface area contributed by atoms with Gasteiger partial charge in [0.05, 0.1) is 18.0 Å².